The number of fused-ring (bicyclic) bond motifs is 6. The minimum atomic E-state index is -3.59. The van der Waals surface area contributed by atoms with Gasteiger partial charge in [0.25, 0.3) is 0 Å². The van der Waals surface area contributed by atoms with Gasteiger partial charge in [-0.3, -0.25) is 4.79 Å². The van der Waals surface area contributed by atoms with Crippen LogP contribution in [-0.2, 0) is 32.9 Å². The standard InChI is InChI=1S/C30H28N2O3S.C29H26N2O3S/c1-35-30-13-11-27(20-31-30)36(33,34)32-16-14-23(15-17-32)21-6-8-22(9-7-21)24-10-12-29-26(18-24)19-25-4-2-3-5-28(25)29;32-29-12-10-26(19-30-29)35(33,34)31-15-13-22(14-16-31)20-5-7-21(8-6-20)23-9-11-28-25(17-23)18-24-3-1-2-4-27(24)28/h2-13,18,20,23H,14-17,19H2,1H3;1-12,17,19,22H,13-16,18H2,(H,30,32). The Morgan fingerprint density at radius 1 is 0.493 bits per heavy atom. The van der Waals surface area contributed by atoms with Crippen LogP contribution in [0.5, 0.6) is 5.88 Å². The Morgan fingerprint density at radius 2 is 0.930 bits per heavy atom. The molecule has 4 aliphatic rings. The van der Waals surface area contributed by atoms with E-state index in [-0.39, 0.29) is 15.4 Å². The highest BCUT2D eigenvalue weighted by Gasteiger charge is 2.32. The van der Waals surface area contributed by atoms with Crippen molar-refractivity contribution < 1.29 is 21.6 Å². The Bertz CT molecular complexity index is 3520. The molecule has 0 spiro atoms. The number of H-pyrrole nitrogens is 1. The zero-order chi connectivity index (χ0) is 48.7. The van der Waals surface area contributed by atoms with Crippen LogP contribution in [-0.4, -0.2) is 68.7 Å². The molecule has 71 heavy (non-hydrogen) atoms. The fourth-order valence-corrected chi connectivity index (χ4v) is 13.8. The molecule has 358 valence electrons. The molecule has 4 heterocycles. The Hall–Kier alpha value is -6.96. The maximum absolute atomic E-state index is 13.0. The van der Waals surface area contributed by atoms with E-state index < -0.39 is 20.0 Å². The Balaban J connectivity index is 0.000000154. The smallest absolute Gasteiger partial charge is 0.247 e. The van der Waals surface area contributed by atoms with Crippen LogP contribution in [0.4, 0.5) is 0 Å². The minimum absolute atomic E-state index is 0.136. The van der Waals surface area contributed by atoms with Crippen molar-refractivity contribution >= 4 is 20.0 Å². The normalized spacial score (nSPS) is 16.0. The lowest BCUT2D eigenvalue weighted by atomic mass is 9.89. The first kappa shape index (κ1) is 46.4. The summed E-state index contributed by atoms with van der Waals surface area (Å²) in [4.78, 5) is 18.1. The third-order valence-corrected chi connectivity index (χ3v) is 18.7. The second-order valence-corrected chi connectivity index (χ2v) is 22.8. The molecule has 0 unspecified atom stereocenters. The van der Waals surface area contributed by atoms with E-state index in [1.54, 1.807) is 16.4 Å². The van der Waals surface area contributed by atoms with Gasteiger partial charge >= 0.3 is 0 Å². The van der Waals surface area contributed by atoms with Crippen LogP contribution in [0.15, 0.2) is 185 Å². The summed E-state index contributed by atoms with van der Waals surface area (Å²) < 4.78 is 60.0. The van der Waals surface area contributed by atoms with Gasteiger partial charge in [0.05, 0.1) is 18.2 Å². The van der Waals surface area contributed by atoms with Crippen LogP contribution in [0.3, 0.4) is 0 Å². The van der Waals surface area contributed by atoms with E-state index in [4.69, 9.17) is 4.74 Å². The van der Waals surface area contributed by atoms with Crippen molar-refractivity contribution in [2.45, 2.75) is 60.2 Å². The van der Waals surface area contributed by atoms with Crippen LogP contribution in [0.2, 0.25) is 0 Å². The van der Waals surface area contributed by atoms with Gasteiger partial charge < -0.3 is 9.72 Å². The summed E-state index contributed by atoms with van der Waals surface area (Å²) in [5.74, 6) is 1.09. The quantitative estimate of drug-likeness (QED) is 0.152. The van der Waals surface area contributed by atoms with Crippen molar-refractivity contribution in [3.63, 3.8) is 0 Å². The molecule has 12 heteroatoms. The van der Waals surface area contributed by atoms with Crippen molar-refractivity contribution in [2.24, 2.45) is 0 Å². The highest BCUT2D eigenvalue weighted by Crippen LogP contribution is 2.41. The molecule has 0 bridgehead atoms. The molecule has 12 rings (SSSR count). The first-order valence-corrected chi connectivity index (χ1v) is 27.2. The van der Waals surface area contributed by atoms with Gasteiger partial charge in [0, 0.05) is 44.5 Å². The fraction of sp³-hybridized carbons (Fsp3) is 0.220. The van der Waals surface area contributed by atoms with E-state index >= 15 is 0 Å². The van der Waals surface area contributed by atoms with Gasteiger partial charge in [0.1, 0.15) is 4.90 Å². The van der Waals surface area contributed by atoms with E-state index in [2.05, 4.69) is 143 Å². The molecule has 8 aromatic rings. The van der Waals surface area contributed by atoms with Crippen LogP contribution >= 0.6 is 0 Å². The predicted molar refractivity (Wildman–Crippen MR) is 280 cm³/mol. The lowest BCUT2D eigenvalue weighted by molar-refractivity contribution is 0.319. The van der Waals surface area contributed by atoms with Gasteiger partial charge in [-0.15, -0.1) is 0 Å². The van der Waals surface area contributed by atoms with E-state index in [1.165, 1.54) is 114 Å². The van der Waals surface area contributed by atoms with Crippen molar-refractivity contribution in [2.75, 3.05) is 33.3 Å². The number of methoxy groups -OCH3 is 1. The van der Waals surface area contributed by atoms with Gasteiger partial charge in [-0.2, -0.15) is 8.61 Å². The highest BCUT2D eigenvalue weighted by atomic mass is 32.2. The molecule has 1 N–H and O–H groups in total. The van der Waals surface area contributed by atoms with E-state index in [1.807, 2.05) is 0 Å². The van der Waals surface area contributed by atoms with Crippen molar-refractivity contribution in [3.8, 4) is 50.4 Å². The molecule has 2 aliphatic heterocycles. The molecule has 0 radical (unpaired) electrons. The number of hydrogen-bond acceptors (Lipinski definition) is 7. The van der Waals surface area contributed by atoms with E-state index in [0.29, 0.717) is 43.9 Å². The second-order valence-electron chi connectivity index (χ2n) is 18.9. The summed E-state index contributed by atoms with van der Waals surface area (Å²) in [6, 6.07) is 54.1. The topological polar surface area (TPSA) is 130 Å². The van der Waals surface area contributed by atoms with Crippen molar-refractivity contribution in [1.29, 1.82) is 0 Å². The van der Waals surface area contributed by atoms with Crippen LogP contribution in [0, 0.1) is 0 Å². The molecule has 2 aromatic heterocycles. The number of aromatic nitrogens is 2. The zero-order valence-electron chi connectivity index (χ0n) is 39.5. The maximum Gasteiger partial charge on any atom is 0.247 e. The molecule has 0 saturated carbocycles. The number of rotatable bonds is 9. The average molecular weight is 979 g/mol. The molecular weight excluding hydrogens is 925 g/mol. The Kier molecular flexibility index (Phi) is 12.6. The molecular formula is C59H54N4O6S2. The molecule has 6 aromatic carbocycles. The number of nitrogens with one attached hydrogen (secondary N) is 1. The summed E-state index contributed by atoms with van der Waals surface area (Å²) in [6.45, 7) is 1.96. The van der Waals surface area contributed by atoms with Gasteiger partial charge in [0.15, 0.2) is 0 Å². The minimum Gasteiger partial charge on any atom is -0.481 e. The van der Waals surface area contributed by atoms with Gasteiger partial charge in [0.2, 0.25) is 31.5 Å². The lowest BCUT2D eigenvalue weighted by Gasteiger charge is -2.31. The van der Waals surface area contributed by atoms with Gasteiger partial charge in [-0.25, -0.2) is 21.8 Å². The average Bonchev–Trinajstić information content (AvgIpc) is 3.99. The SMILES string of the molecule is COc1ccc(S(=O)(=O)N2CCC(c3ccc(-c4ccc5c(c4)Cc4ccccc4-5)cc3)CC2)cn1.O=c1ccc(S(=O)(=O)N2CCC(c3ccc(-c4ccc5c(c4)Cc4ccccc4-5)cc3)CC2)c[nH]1. The number of ether oxygens (including phenoxy) is 1. The molecule has 10 nitrogen and oxygen atoms in total. The summed E-state index contributed by atoms with van der Waals surface area (Å²) >= 11 is 0. The summed E-state index contributed by atoms with van der Waals surface area (Å²) in [5, 5.41) is 0. The maximum atomic E-state index is 13.0. The second kappa shape index (κ2) is 19.3. The summed E-state index contributed by atoms with van der Waals surface area (Å²) in [6.07, 6.45) is 7.79. The number of aromatic amines is 1. The predicted octanol–water partition coefficient (Wildman–Crippen LogP) is 11.1. The van der Waals surface area contributed by atoms with E-state index in [9.17, 15) is 21.6 Å². The fourth-order valence-electron chi connectivity index (χ4n) is 10.9. The van der Waals surface area contributed by atoms with Gasteiger partial charge in [-0.1, -0.05) is 133 Å². The van der Waals surface area contributed by atoms with Crippen LogP contribution < -0.4 is 10.3 Å². The molecule has 2 saturated heterocycles. The van der Waals surface area contributed by atoms with Crippen molar-refractivity contribution in [1.82, 2.24) is 18.6 Å². The van der Waals surface area contributed by atoms with Crippen molar-refractivity contribution in [3.05, 3.63) is 214 Å². The number of nitrogens with zero attached hydrogens (tertiary/aromatic N) is 3. The lowest BCUT2D eigenvalue weighted by Crippen LogP contribution is -2.38. The monoisotopic (exact) mass is 978 g/mol. The summed E-state index contributed by atoms with van der Waals surface area (Å²) in [7, 11) is -5.62. The Morgan fingerprint density at radius 3 is 1.37 bits per heavy atom. The Labute approximate surface area is 415 Å². The van der Waals surface area contributed by atoms with Crippen LogP contribution in [0.25, 0.3) is 44.5 Å². The summed E-state index contributed by atoms with van der Waals surface area (Å²) in [5.41, 5.74) is 18.0. The van der Waals surface area contributed by atoms with E-state index in [0.717, 1.165) is 38.5 Å². The number of benzene rings is 6. The molecule has 2 aliphatic carbocycles. The zero-order valence-corrected chi connectivity index (χ0v) is 41.1. The molecule has 0 amide bonds. The highest BCUT2D eigenvalue weighted by molar-refractivity contribution is 7.89. The third-order valence-electron chi connectivity index (χ3n) is 14.9. The molecule has 2 fully saturated rings. The molecule has 0 atom stereocenters. The number of hydrogen-bond donors (Lipinski definition) is 1. The third kappa shape index (κ3) is 9.29. The van der Waals surface area contributed by atoms with Gasteiger partial charge in [-0.05, 0) is 140 Å². The largest absolute Gasteiger partial charge is 0.481 e. The van der Waals surface area contributed by atoms with Crippen LogP contribution in [0.1, 0.15) is 70.9 Å². The first-order valence-electron chi connectivity index (χ1n) is 24.3. The first-order chi connectivity index (χ1) is 34.5. The number of pyridine rings is 2. The number of piperidine rings is 2. The number of sulfonamides is 2.